The van der Waals surface area contributed by atoms with Crippen molar-refractivity contribution in [3.05, 3.63) is 100 Å². The average Bonchev–Trinajstić information content (AvgIpc) is 3.28. The number of hydrogen-bond donors (Lipinski definition) is 3. The SMILES string of the molecule is O=C(NCc1ccc(NC(=O)c2ccco2)cc1)c1cc2ccccc2c(=O)[nH]1. The highest BCUT2D eigenvalue weighted by Gasteiger charge is 2.10. The molecule has 0 bridgehead atoms. The molecule has 0 saturated carbocycles. The van der Waals surface area contributed by atoms with Crippen LogP contribution in [0.2, 0.25) is 0 Å². The Balaban J connectivity index is 1.39. The van der Waals surface area contributed by atoms with E-state index in [2.05, 4.69) is 15.6 Å². The summed E-state index contributed by atoms with van der Waals surface area (Å²) in [6, 6.07) is 19.0. The van der Waals surface area contributed by atoms with Crippen LogP contribution in [0.5, 0.6) is 0 Å². The number of carbonyl (C=O) groups is 2. The van der Waals surface area contributed by atoms with Crippen LogP contribution in [0.15, 0.2) is 82.2 Å². The first-order valence-corrected chi connectivity index (χ1v) is 8.94. The lowest BCUT2D eigenvalue weighted by Crippen LogP contribution is -2.26. The van der Waals surface area contributed by atoms with Gasteiger partial charge in [-0.25, -0.2) is 0 Å². The Morgan fingerprint density at radius 2 is 1.72 bits per heavy atom. The molecule has 0 aliphatic carbocycles. The Bertz CT molecular complexity index is 1230. The molecule has 2 aromatic heterocycles. The third-order valence-corrected chi connectivity index (χ3v) is 4.41. The molecular formula is C22H17N3O4. The minimum absolute atomic E-state index is 0.205. The van der Waals surface area contributed by atoms with Crippen LogP contribution >= 0.6 is 0 Å². The number of benzene rings is 2. The smallest absolute Gasteiger partial charge is 0.291 e. The van der Waals surface area contributed by atoms with E-state index in [1.807, 2.05) is 6.07 Å². The van der Waals surface area contributed by atoms with E-state index < -0.39 is 0 Å². The molecule has 0 saturated heterocycles. The Hall–Kier alpha value is -4.13. The van der Waals surface area contributed by atoms with Gasteiger partial charge in [-0.1, -0.05) is 30.3 Å². The van der Waals surface area contributed by atoms with Gasteiger partial charge in [-0.2, -0.15) is 0 Å². The fourth-order valence-electron chi connectivity index (χ4n) is 2.92. The number of aromatic nitrogens is 1. The van der Waals surface area contributed by atoms with E-state index in [-0.39, 0.29) is 35.4 Å². The van der Waals surface area contributed by atoms with E-state index >= 15 is 0 Å². The van der Waals surface area contributed by atoms with E-state index in [1.54, 1.807) is 60.7 Å². The number of hydrogen-bond acceptors (Lipinski definition) is 4. The molecule has 0 unspecified atom stereocenters. The van der Waals surface area contributed by atoms with E-state index in [1.165, 1.54) is 6.26 Å². The molecule has 4 rings (SSSR count). The van der Waals surface area contributed by atoms with Crippen LogP contribution in [0.4, 0.5) is 5.69 Å². The zero-order valence-corrected chi connectivity index (χ0v) is 15.3. The molecule has 0 aliphatic rings. The van der Waals surface area contributed by atoms with E-state index in [0.717, 1.165) is 5.56 Å². The van der Waals surface area contributed by atoms with Gasteiger partial charge in [0.05, 0.1) is 6.26 Å². The van der Waals surface area contributed by atoms with Gasteiger partial charge in [0.1, 0.15) is 5.69 Å². The number of aromatic amines is 1. The number of carbonyl (C=O) groups excluding carboxylic acids is 2. The van der Waals surface area contributed by atoms with Crippen molar-refractivity contribution in [2.45, 2.75) is 6.54 Å². The van der Waals surface area contributed by atoms with Gasteiger partial charge in [-0.05, 0) is 47.3 Å². The number of anilines is 1. The van der Waals surface area contributed by atoms with Crippen molar-refractivity contribution in [3.8, 4) is 0 Å². The van der Waals surface area contributed by atoms with E-state index in [9.17, 15) is 14.4 Å². The summed E-state index contributed by atoms with van der Waals surface area (Å²) in [6.45, 7) is 0.278. The number of amides is 2. The van der Waals surface area contributed by atoms with Crippen molar-refractivity contribution in [3.63, 3.8) is 0 Å². The van der Waals surface area contributed by atoms with Gasteiger partial charge < -0.3 is 20.0 Å². The molecule has 0 spiro atoms. The van der Waals surface area contributed by atoms with Gasteiger partial charge in [0.2, 0.25) is 0 Å². The summed E-state index contributed by atoms with van der Waals surface area (Å²) in [5.74, 6) is -0.481. The first-order chi connectivity index (χ1) is 14.1. The Morgan fingerprint density at radius 1 is 0.931 bits per heavy atom. The summed E-state index contributed by atoms with van der Waals surface area (Å²) >= 11 is 0. The van der Waals surface area contributed by atoms with Crippen LogP contribution in [-0.2, 0) is 6.54 Å². The van der Waals surface area contributed by atoms with Crippen molar-refractivity contribution in [2.75, 3.05) is 5.32 Å². The lowest BCUT2D eigenvalue weighted by molar-refractivity contribution is 0.0945. The molecule has 7 nitrogen and oxygen atoms in total. The second kappa shape index (κ2) is 7.85. The monoisotopic (exact) mass is 387 g/mol. The fourth-order valence-corrected chi connectivity index (χ4v) is 2.92. The van der Waals surface area contributed by atoms with Gasteiger partial charge in [0.25, 0.3) is 17.4 Å². The first-order valence-electron chi connectivity index (χ1n) is 8.94. The number of furan rings is 1. The predicted octanol–water partition coefficient (Wildman–Crippen LogP) is 3.30. The highest BCUT2D eigenvalue weighted by Crippen LogP contribution is 2.13. The highest BCUT2D eigenvalue weighted by atomic mass is 16.3. The molecule has 7 heteroatoms. The fraction of sp³-hybridized carbons (Fsp3) is 0.0455. The average molecular weight is 387 g/mol. The number of H-pyrrole nitrogens is 1. The normalized spacial score (nSPS) is 10.6. The van der Waals surface area contributed by atoms with Crippen molar-refractivity contribution in [1.82, 2.24) is 10.3 Å². The number of fused-ring (bicyclic) bond motifs is 1. The van der Waals surface area contributed by atoms with Gasteiger partial charge in [0.15, 0.2) is 5.76 Å². The van der Waals surface area contributed by atoms with Crippen LogP contribution in [0.1, 0.15) is 26.6 Å². The Kier molecular flexibility index (Phi) is 4.94. The lowest BCUT2D eigenvalue weighted by atomic mass is 10.1. The van der Waals surface area contributed by atoms with Crippen LogP contribution in [0.3, 0.4) is 0 Å². The maximum atomic E-state index is 12.4. The maximum absolute atomic E-state index is 12.4. The number of pyridine rings is 1. The molecule has 29 heavy (non-hydrogen) atoms. The van der Waals surface area contributed by atoms with Gasteiger partial charge >= 0.3 is 0 Å². The third kappa shape index (κ3) is 4.08. The first kappa shape index (κ1) is 18.2. The predicted molar refractivity (Wildman–Crippen MR) is 109 cm³/mol. The molecule has 0 fully saturated rings. The largest absolute Gasteiger partial charge is 0.459 e. The molecule has 0 aliphatic heterocycles. The second-order valence-corrected chi connectivity index (χ2v) is 6.41. The van der Waals surface area contributed by atoms with Crippen LogP contribution < -0.4 is 16.2 Å². The summed E-state index contributed by atoms with van der Waals surface area (Å²) in [7, 11) is 0. The standard InChI is InChI=1S/C22H17N3O4/c26-20-17-5-2-1-4-15(17)12-18(25-20)21(27)23-13-14-7-9-16(10-8-14)24-22(28)19-6-3-11-29-19/h1-12H,13H2,(H,23,27)(H,24,28)(H,25,26). The zero-order valence-electron chi connectivity index (χ0n) is 15.3. The van der Waals surface area contributed by atoms with Crippen molar-refractivity contribution < 1.29 is 14.0 Å². The second-order valence-electron chi connectivity index (χ2n) is 6.41. The molecule has 2 heterocycles. The van der Waals surface area contributed by atoms with E-state index in [4.69, 9.17) is 4.42 Å². The minimum Gasteiger partial charge on any atom is -0.459 e. The molecule has 4 aromatic rings. The van der Waals surface area contributed by atoms with Gasteiger partial charge in [-0.15, -0.1) is 0 Å². The van der Waals surface area contributed by atoms with Crippen LogP contribution in [0, 0.1) is 0 Å². The molecule has 144 valence electrons. The van der Waals surface area contributed by atoms with Gasteiger partial charge in [0, 0.05) is 17.6 Å². The van der Waals surface area contributed by atoms with Crippen LogP contribution in [-0.4, -0.2) is 16.8 Å². The number of rotatable bonds is 5. The minimum atomic E-state index is -0.372. The summed E-state index contributed by atoms with van der Waals surface area (Å²) in [4.78, 5) is 39.1. The van der Waals surface area contributed by atoms with Gasteiger partial charge in [-0.3, -0.25) is 14.4 Å². The summed E-state index contributed by atoms with van der Waals surface area (Å²) in [6.07, 6.45) is 1.43. The van der Waals surface area contributed by atoms with Crippen molar-refractivity contribution in [1.29, 1.82) is 0 Å². The Morgan fingerprint density at radius 3 is 2.48 bits per heavy atom. The molecule has 0 atom stereocenters. The quantitative estimate of drug-likeness (QED) is 0.489. The van der Waals surface area contributed by atoms with Crippen molar-refractivity contribution in [2.24, 2.45) is 0 Å². The summed E-state index contributed by atoms with van der Waals surface area (Å²) < 4.78 is 5.05. The molecule has 3 N–H and O–H groups in total. The molecule has 2 aromatic carbocycles. The topological polar surface area (TPSA) is 104 Å². The van der Waals surface area contributed by atoms with Crippen LogP contribution in [0.25, 0.3) is 10.8 Å². The maximum Gasteiger partial charge on any atom is 0.291 e. The lowest BCUT2D eigenvalue weighted by Gasteiger charge is -2.08. The third-order valence-electron chi connectivity index (χ3n) is 4.41. The molecular weight excluding hydrogens is 370 g/mol. The van der Waals surface area contributed by atoms with E-state index in [0.29, 0.717) is 16.5 Å². The number of nitrogens with one attached hydrogen (secondary N) is 3. The highest BCUT2D eigenvalue weighted by molar-refractivity contribution is 6.02. The Labute approximate surface area is 165 Å². The van der Waals surface area contributed by atoms with Crippen molar-refractivity contribution >= 4 is 28.3 Å². The zero-order chi connectivity index (χ0) is 20.2. The summed E-state index contributed by atoms with van der Waals surface area (Å²) in [5, 5.41) is 6.75. The molecule has 0 radical (unpaired) electrons. The molecule has 2 amide bonds. The summed E-state index contributed by atoms with van der Waals surface area (Å²) in [5.41, 5.74) is 1.36.